The molecule has 1 N–H and O–H groups in total. The molecule has 1 saturated carbocycles. The van der Waals surface area contributed by atoms with Crippen LogP contribution in [-0.2, 0) is 4.84 Å². The van der Waals surface area contributed by atoms with Crippen LogP contribution in [0.1, 0.15) is 41.6 Å². The van der Waals surface area contributed by atoms with Crippen LogP contribution in [0, 0.1) is 6.92 Å². The van der Waals surface area contributed by atoms with Gasteiger partial charge in [-0.3, -0.25) is 9.63 Å². The molecule has 1 amide bonds. The Balaban J connectivity index is 1.90. The quantitative estimate of drug-likeness (QED) is 0.793. The highest BCUT2D eigenvalue weighted by molar-refractivity contribution is 5.94. The van der Waals surface area contributed by atoms with Gasteiger partial charge in [-0.1, -0.05) is 31.0 Å². The van der Waals surface area contributed by atoms with Crippen molar-refractivity contribution in [2.24, 2.45) is 0 Å². The van der Waals surface area contributed by atoms with Gasteiger partial charge in [0.15, 0.2) is 0 Å². The van der Waals surface area contributed by atoms with E-state index >= 15 is 0 Å². The molecule has 0 heterocycles. The van der Waals surface area contributed by atoms with Crippen molar-refractivity contribution < 1.29 is 9.63 Å². The minimum Gasteiger partial charge on any atom is -0.270 e. The van der Waals surface area contributed by atoms with E-state index in [0.717, 1.165) is 18.4 Å². The van der Waals surface area contributed by atoms with Gasteiger partial charge in [-0.25, -0.2) is 5.48 Å². The topological polar surface area (TPSA) is 38.3 Å². The number of hydroxylamine groups is 1. The highest BCUT2D eigenvalue weighted by Gasteiger charge is 2.17. The van der Waals surface area contributed by atoms with Crippen LogP contribution >= 0.6 is 0 Å². The summed E-state index contributed by atoms with van der Waals surface area (Å²) in [6.07, 6.45) is 4.70. The first-order valence-electron chi connectivity index (χ1n) is 5.79. The molecule has 1 aromatic rings. The second kappa shape index (κ2) is 5.12. The van der Waals surface area contributed by atoms with Crippen LogP contribution in [0.2, 0.25) is 0 Å². The zero-order valence-corrected chi connectivity index (χ0v) is 9.53. The van der Waals surface area contributed by atoms with Crippen molar-refractivity contribution in [2.45, 2.75) is 38.7 Å². The Kier molecular flexibility index (Phi) is 3.57. The third-order valence-electron chi connectivity index (χ3n) is 3.01. The summed E-state index contributed by atoms with van der Waals surface area (Å²) in [5.41, 5.74) is 4.19. The summed E-state index contributed by atoms with van der Waals surface area (Å²) in [4.78, 5) is 17.2. The van der Waals surface area contributed by atoms with E-state index in [1.54, 1.807) is 0 Å². The van der Waals surface area contributed by atoms with E-state index < -0.39 is 0 Å². The summed E-state index contributed by atoms with van der Waals surface area (Å²) >= 11 is 0. The maximum absolute atomic E-state index is 11.8. The van der Waals surface area contributed by atoms with Crippen molar-refractivity contribution in [1.29, 1.82) is 0 Å². The van der Waals surface area contributed by atoms with E-state index in [0.29, 0.717) is 5.56 Å². The van der Waals surface area contributed by atoms with E-state index in [-0.39, 0.29) is 12.0 Å². The zero-order chi connectivity index (χ0) is 11.4. The van der Waals surface area contributed by atoms with Gasteiger partial charge < -0.3 is 0 Å². The van der Waals surface area contributed by atoms with Gasteiger partial charge in [-0.2, -0.15) is 0 Å². The molecule has 0 saturated heterocycles. The lowest BCUT2D eigenvalue weighted by Crippen LogP contribution is -2.28. The second-order valence-corrected chi connectivity index (χ2v) is 4.27. The van der Waals surface area contributed by atoms with Crippen molar-refractivity contribution in [3.8, 4) is 0 Å². The molecular formula is C13H17NO2. The van der Waals surface area contributed by atoms with Crippen molar-refractivity contribution in [2.75, 3.05) is 0 Å². The molecule has 1 aliphatic carbocycles. The highest BCUT2D eigenvalue weighted by Crippen LogP contribution is 2.20. The van der Waals surface area contributed by atoms with Crippen molar-refractivity contribution >= 4 is 5.91 Å². The molecule has 86 valence electrons. The first-order valence-corrected chi connectivity index (χ1v) is 5.79. The molecule has 0 unspecified atom stereocenters. The van der Waals surface area contributed by atoms with Crippen LogP contribution < -0.4 is 5.48 Å². The van der Waals surface area contributed by atoms with E-state index in [9.17, 15) is 4.79 Å². The Morgan fingerprint density at radius 2 is 2.00 bits per heavy atom. The van der Waals surface area contributed by atoms with E-state index in [1.807, 2.05) is 31.2 Å². The maximum Gasteiger partial charge on any atom is 0.275 e. The van der Waals surface area contributed by atoms with Gasteiger partial charge >= 0.3 is 0 Å². The molecule has 1 fully saturated rings. The number of carbonyl (C=O) groups excluding carboxylic acids is 1. The molecule has 16 heavy (non-hydrogen) atoms. The lowest BCUT2D eigenvalue weighted by molar-refractivity contribution is -0.0125. The minimum absolute atomic E-state index is 0.148. The van der Waals surface area contributed by atoms with E-state index in [2.05, 4.69) is 5.48 Å². The predicted molar refractivity (Wildman–Crippen MR) is 62.0 cm³/mol. The zero-order valence-electron chi connectivity index (χ0n) is 9.53. The van der Waals surface area contributed by atoms with Crippen LogP contribution in [0.3, 0.4) is 0 Å². The summed E-state index contributed by atoms with van der Waals surface area (Å²) in [6, 6.07) is 7.51. The van der Waals surface area contributed by atoms with Crippen molar-refractivity contribution in [3.05, 3.63) is 35.4 Å². The molecular weight excluding hydrogens is 202 g/mol. The van der Waals surface area contributed by atoms with Gasteiger partial charge in [0.1, 0.15) is 0 Å². The smallest absolute Gasteiger partial charge is 0.270 e. The summed E-state index contributed by atoms with van der Waals surface area (Å²) in [5, 5.41) is 0. The average Bonchev–Trinajstić information content (AvgIpc) is 2.79. The molecule has 1 aliphatic rings. The van der Waals surface area contributed by atoms with Gasteiger partial charge in [0.25, 0.3) is 5.91 Å². The number of hydrogen-bond acceptors (Lipinski definition) is 2. The third-order valence-corrected chi connectivity index (χ3v) is 3.01. The molecule has 0 atom stereocenters. The predicted octanol–water partition coefficient (Wildman–Crippen LogP) is 2.60. The summed E-state index contributed by atoms with van der Waals surface area (Å²) in [5.74, 6) is -0.148. The Bertz CT molecular complexity index is 370. The van der Waals surface area contributed by atoms with Crippen LogP contribution in [0.15, 0.2) is 24.3 Å². The molecule has 3 heteroatoms. The first kappa shape index (κ1) is 11.1. The summed E-state index contributed by atoms with van der Waals surface area (Å²) in [6.45, 7) is 1.92. The number of nitrogens with one attached hydrogen (secondary N) is 1. The number of amides is 1. The molecule has 2 rings (SSSR count). The van der Waals surface area contributed by atoms with Gasteiger partial charge in [-0.05, 0) is 31.4 Å². The molecule has 0 bridgehead atoms. The fourth-order valence-corrected chi connectivity index (χ4v) is 2.03. The molecule has 0 radical (unpaired) electrons. The first-order chi connectivity index (χ1) is 7.77. The second-order valence-electron chi connectivity index (χ2n) is 4.27. The Labute approximate surface area is 95.8 Å². The molecule has 0 aliphatic heterocycles. The van der Waals surface area contributed by atoms with Crippen LogP contribution in [0.5, 0.6) is 0 Å². The van der Waals surface area contributed by atoms with Gasteiger partial charge in [-0.15, -0.1) is 0 Å². The van der Waals surface area contributed by atoms with Crippen LogP contribution in [-0.4, -0.2) is 12.0 Å². The fraction of sp³-hybridized carbons (Fsp3) is 0.462. The monoisotopic (exact) mass is 219 g/mol. The number of rotatable bonds is 3. The van der Waals surface area contributed by atoms with Gasteiger partial charge in [0.05, 0.1) is 6.10 Å². The Hall–Kier alpha value is -1.35. The largest absolute Gasteiger partial charge is 0.275 e. The summed E-state index contributed by atoms with van der Waals surface area (Å²) < 4.78 is 0. The van der Waals surface area contributed by atoms with Crippen LogP contribution in [0.25, 0.3) is 0 Å². The standard InChI is InChI=1S/C13H17NO2/c1-10-6-2-5-9-12(10)13(15)14-16-11-7-3-4-8-11/h2,5-6,9,11H,3-4,7-8H2,1H3,(H,14,15). The van der Waals surface area contributed by atoms with E-state index in [4.69, 9.17) is 4.84 Å². The summed E-state index contributed by atoms with van der Waals surface area (Å²) in [7, 11) is 0. The average molecular weight is 219 g/mol. The number of aryl methyl sites for hydroxylation is 1. The molecule has 0 spiro atoms. The van der Waals surface area contributed by atoms with Gasteiger partial charge in [0, 0.05) is 5.56 Å². The van der Waals surface area contributed by atoms with Crippen molar-refractivity contribution in [3.63, 3.8) is 0 Å². The van der Waals surface area contributed by atoms with Crippen LogP contribution in [0.4, 0.5) is 0 Å². The maximum atomic E-state index is 11.8. The Morgan fingerprint density at radius 3 is 2.69 bits per heavy atom. The number of benzene rings is 1. The van der Waals surface area contributed by atoms with Crippen molar-refractivity contribution in [1.82, 2.24) is 5.48 Å². The minimum atomic E-state index is -0.148. The SMILES string of the molecule is Cc1ccccc1C(=O)NOC1CCCC1. The molecule has 1 aromatic carbocycles. The molecule has 0 aromatic heterocycles. The van der Waals surface area contributed by atoms with E-state index in [1.165, 1.54) is 12.8 Å². The molecule has 3 nitrogen and oxygen atoms in total. The fourth-order valence-electron chi connectivity index (χ4n) is 2.03. The normalized spacial score (nSPS) is 16.3. The third kappa shape index (κ3) is 2.61. The van der Waals surface area contributed by atoms with Gasteiger partial charge in [0.2, 0.25) is 0 Å². The lowest BCUT2D eigenvalue weighted by atomic mass is 10.1. The lowest BCUT2D eigenvalue weighted by Gasteiger charge is -2.12. The number of hydrogen-bond donors (Lipinski definition) is 1. The Morgan fingerprint density at radius 1 is 1.31 bits per heavy atom. The number of carbonyl (C=O) groups is 1. The highest BCUT2D eigenvalue weighted by atomic mass is 16.7.